The van der Waals surface area contributed by atoms with Crippen molar-refractivity contribution >= 4 is 16.7 Å². The zero-order valence-electron chi connectivity index (χ0n) is 11.3. The third kappa shape index (κ3) is 2.68. The van der Waals surface area contributed by atoms with Gasteiger partial charge in [0.15, 0.2) is 0 Å². The van der Waals surface area contributed by atoms with Crippen molar-refractivity contribution in [2.24, 2.45) is 0 Å². The minimum atomic E-state index is 0.493. The van der Waals surface area contributed by atoms with Gasteiger partial charge in [-0.25, -0.2) is 9.97 Å². The molecule has 0 radical (unpaired) electrons. The minimum absolute atomic E-state index is 0.493. The molecule has 1 aromatic carbocycles. The molecule has 4 nitrogen and oxygen atoms in total. The van der Waals surface area contributed by atoms with E-state index in [2.05, 4.69) is 33.2 Å². The normalized spacial score (nSPS) is 20.6. The van der Waals surface area contributed by atoms with E-state index in [9.17, 15) is 0 Å². The van der Waals surface area contributed by atoms with Crippen LogP contribution in [-0.2, 0) is 0 Å². The van der Waals surface area contributed by atoms with E-state index >= 15 is 0 Å². The fourth-order valence-electron chi connectivity index (χ4n) is 2.77. The van der Waals surface area contributed by atoms with Crippen LogP contribution in [0.3, 0.4) is 0 Å². The van der Waals surface area contributed by atoms with Crippen molar-refractivity contribution < 1.29 is 0 Å². The van der Waals surface area contributed by atoms with Gasteiger partial charge < -0.3 is 10.2 Å². The second-order valence-corrected chi connectivity index (χ2v) is 5.12. The SMILES string of the molecule is CCN1CCCC(Nc2ncnc3ccccc23)C1. The summed E-state index contributed by atoms with van der Waals surface area (Å²) in [5.74, 6) is 0.966. The Hall–Kier alpha value is -1.68. The number of rotatable bonds is 3. The highest BCUT2D eigenvalue weighted by atomic mass is 15.2. The fraction of sp³-hybridized carbons (Fsp3) is 0.467. The Kier molecular flexibility index (Phi) is 3.60. The van der Waals surface area contributed by atoms with E-state index in [0.717, 1.165) is 29.8 Å². The summed E-state index contributed by atoms with van der Waals surface area (Å²) >= 11 is 0. The number of piperidine rings is 1. The predicted molar refractivity (Wildman–Crippen MR) is 78.3 cm³/mol. The Morgan fingerprint density at radius 1 is 1.32 bits per heavy atom. The molecule has 1 aromatic heterocycles. The molecule has 0 spiro atoms. The molecule has 100 valence electrons. The third-order valence-electron chi connectivity index (χ3n) is 3.84. The highest BCUT2D eigenvalue weighted by Gasteiger charge is 2.19. The van der Waals surface area contributed by atoms with Gasteiger partial charge in [0.05, 0.1) is 5.52 Å². The largest absolute Gasteiger partial charge is 0.365 e. The van der Waals surface area contributed by atoms with E-state index in [1.807, 2.05) is 18.2 Å². The molecule has 0 bridgehead atoms. The van der Waals surface area contributed by atoms with Crippen molar-refractivity contribution in [2.75, 3.05) is 25.0 Å². The summed E-state index contributed by atoms with van der Waals surface area (Å²) in [5, 5.41) is 4.71. The molecule has 0 aliphatic carbocycles. The first-order valence-corrected chi connectivity index (χ1v) is 7.05. The molecule has 0 amide bonds. The van der Waals surface area contributed by atoms with Gasteiger partial charge in [0.25, 0.3) is 0 Å². The molecule has 1 N–H and O–H groups in total. The van der Waals surface area contributed by atoms with Gasteiger partial charge in [0.1, 0.15) is 12.1 Å². The van der Waals surface area contributed by atoms with Crippen molar-refractivity contribution in [1.29, 1.82) is 0 Å². The van der Waals surface area contributed by atoms with Crippen molar-refractivity contribution in [3.8, 4) is 0 Å². The second kappa shape index (κ2) is 5.53. The summed E-state index contributed by atoms with van der Waals surface area (Å²) in [6, 6.07) is 8.65. The Labute approximate surface area is 113 Å². The van der Waals surface area contributed by atoms with Gasteiger partial charge in [-0.05, 0) is 38.1 Å². The van der Waals surface area contributed by atoms with Crippen LogP contribution in [0.4, 0.5) is 5.82 Å². The molecule has 4 heteroatoms. The van der Waals surface area contributed by atoms with E-state index in [0.29, 0.717) is 6.04 Å². The Balaban J connectivity index is 1.81. The monoisotopic (exact) mass is 256 g/mol. The number of hydrogen-bond donors (Lipinski definition) is 1. The molecule has 1 atom stereocenters. The predicted octanol–water partition coefficient (Wildman–Crippen LogP) is 2.53. The van der Waals surface area contributed by atoms with Crippen LogP contribution in [0, 0.1) is 0 Å². The number of nitrogens with one attached hydrogen (secondary N) is 1. The molecule has 1 aliphatic heterocycles. The number of nitrogens with zero attached hydrogens (tertiary/aromatic N) is 3. The van der Waals surface area contributed by atoms with Gasteiger partial charge in [-0.15, -0.1) is 0 Å². The molecule has 1 unspecified atom stereocenters. The van der Waals surface area contributed by atoms with Crippen LogP contribution in [0.5, 0.6) is 0 Å². The summed E-state index contributed by atoms with van der Waals surface area (Å²) < 4.78 is 0. The quantitative estimate of drug-likeness (QED) is 0.916. The van der Waals surface area contributed by atoms with Gasteiger partial charge in [-0.3, -0.25) is 0 Å². The fourth-order valence-corrected chi connectivity index (χ4v) is 2.77. The van der Waals surface area contributed by atoms with Gasteiger partial charge >= 0.3 is 0 Å². The first kappa shape index (κ1) is 12.4. The van der Waals surface area contributed by atoms with Crippen LogP contribution >= 0.6 is 0 Å². The van der Waals surface area contributed by atoms with Crippen molar-refractivity contribution in [3.05, 3.63) is 30.6 Å². The number of para-hydroxylation sites is 1. The third-order valence-corrected chi connectivity index (χ3v) is 3.84. The average Bonchev–Trinajstić information content (AvgIpc) is 2.48. The van der Waals surface area contributed by atoms with Crippen LogP contribution < -0.4 is 5.32 Å². The van der Waals surface area contributed by atoms with E-state index in [1.165, 1.54) is 19.4 Å². The summed E-state index contributed by atoms with van der Waals surface area (Å²) in [6.07, 6.45) is 4.12. The summed E-state index contributed by atoms with van der Waals surface area (Å²) in [5.41, 5.74) is 1.00. The Bertz CT molecular complexity index is 549. The van der Waals surface area contributed by atoms with Crippen LogP contribution in [-0.4, -0.2) is 40.5 Å². The highest BCUT2D eigenvalue weighted by Crippen LogP contribution is 2.21. The van der Waals surface area contributed by atoms with Crippen LogP contribution in [0.1, 0.15) is 19.8 Å². The zero-order valence-corrected chi connectivity index (χ0v) is 11.3. The van der Waals surface area contributed by atoms with Crippen LogP contribution in [0.25, 0.3) is 10.9 Å². The van der Waals surface area contributed by atoms with Crippen LogP contribution in [0.15, 0.2) is 30.6 Å². The van der Waals surface area contributed by atoms with Gasteiger partial charge in [-0.2, -0.15) is 0 Å². The summed E-state index contributed by atoms with van der Waals surface area (Å²) in [7, 11) is 0. The Morgan fingerprint density at radius 2 is 2.21 bits per heavy atom. The lowest BCUT2D eigenvalue weighted by molar-refractivity contribution is 0.226. The second-order valence-electron chi connectivity index (χ2n) is 5.12. The number of aromatic nitrogens is 2. The lowest BCUT2D eigenvalue weighted by atomic mass is 10.1. The average molecular weight is 256 g/mol. The maximum Gasteiger partial charge on any atom is 0.137 e. The number of anilines is 1. The standard InChI is InChI=1S/C15H20N4/c1-2-19-9-5-6-12(10-19)18-15-13-7-3-4-8-14(13)16-11-17-15/h3-4,7-8,11-12H,2,5-6,9-10H2,1H3,(H,16,17,18). The van der Waals surface area contributed by atoms with Gasteiger partial charge in [-0.1, -0.05) is 19.1 Å². The number of likely N-dealkylation sites (tertiary alicyclic amines) is 1. The molecule has 1 aliphatic rings. The molecular formula is C15H20N4. The maximum atomic E-state index is 4.41. The Morgan fingerprint density at radius 3 is 3.11 bits per heavy atom. The molecule has 0 saturated carbocycles. The zero-order chi connectivity index (χ0) is 13.1. The lowest BCUT2D eigenvalue weighted by Crippen LogP contribution is -2.42. The first-order valence-electron chi connectivity index (χ1n) is 7.05. The number of likely N-dealkylation sites (N-methyl/N-ethyl adjacent to an activating group) is 1. The number of fused-ring (bicyclic) bond motifs is 1. The minimum Gasteiger partial charge on any atom is -0.365 e. The molecule has 19 heavy (non-hydrogen) atoms. The number of benzene rings is 1. The van der Waals surface area contributed by atoms with E-state index < -0.39 is 0 Å². The van der Waals surface area contributed by atoms with E-state index in [1.54, 1.807) is 6.33 Å². The molecule has 2 heterocycles. The molecule has 3 rings (SSSR count). The van der Waals surface area contributed by atoms with E-state index in [-0.39, 0.29) is 0 Å². The van der Waals surface area contributed by atoms with E-state index in [4.69, 9.17) is 0 Å². The van der Waals surface area contributed by atoms with Crippen molar-refractivity contribution in [1.82, 2.24) is 14.9 Å². The molecule has 1 fully saturated rings. The molecule has 1 saturated heterocycles. The highest BCUT2D eigenvalue weighted by molar-refractivity contribution is 5.88. The maximum absolute atomic E-state index is 4.41. The van der Waals surface area contributed by atoms with Gasteiger partial charge in [0.2, 0.25) is 0 Å². The summed E-state index contributed by atoms with van der Waals surface area (Å²) in [6.45, 7) is 5.68. The lowest BCUT2D eigenvalue weighted by Gasteiger charge is -2.32. The smallest absolute Gasteiger partial charge is 0.137 e. The number of hydrogen-bond acceptors (Lipinski definition) is 4. The van der Waals surface area contributed by atoms with Crippen molar-refractivity contribution in [3.63, 3.8) is 0 Å². The first-order chi connectivity index (χ1) is 9.36. The topological polar surface area (TPSA) is 41.0 Å². The molecule has 2 aromatic rings. The molecular weight excluding hydrogens is 236 g/mol. The van der Waals surface area contributed by atoms with Crippen LogP contribution in [0.2, 0.25) is 0 Å². The van der Waals surface area contributed by atoms with Gasteiger partial charge in [0, 0.05) is 18.0 Å². The van der Waals surface area contributed by atoms with Crippen molar-refractivity contribution in [2.45, 2.75) is 25.8 Å². The summed E-state index contributed by atoms with van der Waals surface area (Å²) in [4.78, 5) is 11.2.